The fourth-order valence-electron chi connectivity index (χ4n) is 3.22. The van der Waals surface area contributed by atoms with Gasteiger partial charge in [-0.25, -0.2) is 13.1 Å². The third-order valence-corrected chi connectivity index (χ3v) is 6.26. The first-order valence-corrected chi connectivity index (χ1v) is 11.9. The van der Waals surface area contributed by atoms with E-state index >= 15 is 0 Å². The first-order chi connectivity index (χ1) is 14.2. The molecule has 0 aliphatic rings. The van der Waals surface area contributed by atoms with E-state index < -0.39 is 10.0 Å². The fraction of sp³-hybridized carbons (Fsp3) is 0.435. The highest BCUT2D eigenvalue weighted by Crippen LogP contribution is 2.15. The Balaban J connectivity index is 0.00000480. The SMILES string of the molecule is CN=C(NCc1ccccc1CS(=O)(=O)NC(C)C)NCC(C)c1cccc(C)c1.I. The van der Waals surface area contributed by atoms with Gasteiger partial charge in [0.25, 0.3) is 0 Å². The number of hydrogen-bond donors (Lipinski definition) is 3. The van der Waals surface area contributed by atoms with Gasteiger partial charge in [0, 0.05) is 26.2 Å². The molecule has 3 N–H and O–H groups in total. The van der Waals surface area contributed by atoms with Gasteiger partial charge >= 0.3 is 0 Å². The smallest absolute Gasteiger partial charge is 0.216 e. The predicted octanol–water partition coefficient (Wildman–Crippen LogP) is 3.91. The van der Waals surface area contributed by atoms with Crippen LogP contribution < -0.4 is 15.4 Å². The van der Waals surface area contributed by atoms with Crippen molar-refractivity contribution in [2.24, 2.45) is 4.99 Å². The minimum Gasteiger partial charge on any atom is -0.356 e. The van der Waals surface area contributed by atoms with E-state index in [2.05, 4.69) is 58.5 Å². The molecule has 2 rings (SSSR count). The lowest BCUT2D eigenvalue weighted by Gasteiger charge is -2.18. The van der Waals surface area contributed by atoms with E-state index in [1.807, 2.05) is 38.1 Å². The summed E-state index contributed by atoms with van der Waals surface area (Å²) >= 11 is 0. The summed E-state index contributed by atoms with van der Waals surface area (Å²) in [5.41, 5.74) is 4.24. The van der Waals surface area contributed by atoms with Crippen LogP contribution in [0, 0.1) is 6.92 Å². The Morgan fingerprint density at radius 3 is 2.29 bits per heavy atom. The van der Waals surface area contributed by atoms with Crippen LogP contribution in [0.1, 0.15) is 48.9 Å². The molecule has 0 spiro atoms. The van der Waals surface area contributed by atoms with Crippen molar-refractivity contribution in [2.75, 3.05) is 13.6 Å². The molecule has 31 heavy (non-hydrogen) atoms. The molecule has 0 saturated carbocycles. The van der Waals surface area contributed by atoms with Crippen molar-refractivity contribution in [3.8, 4) is 0 Å². The maximum Gasteiger partial charge on any atom is 0.216 e. The highest BCUT2D eigenvalue weighted by molar-refractivity contribution is 14.0. The van der Waals surface area contributed by atoms with Gasteiger partial charge in [-0.1, -0.05) is 61.0 Å². The lowest BCUT2D eigenvalue weighted by molar-refractivity contribution is 0.568. The van der Waals surface area contributed by atoms with Crippen molar-refractivity contribution in [1.82, 2.24) is 15.4 Å². The number of sulfonamides is 1. The van der Waals surface area contributed by atoms with Crippen LogP contribution in [0.5, 0.6) is 0 Å². The molecule has 0 aliphatic heterocycles. The first-order valence-electron chi connectivity index (χ1n) is 10.3. The lowest BCUT2D eigenvalue weighted by Crippen LogP contribution is -2.39. The first kappa shape index (κ1) is 27.4. The number of benzene rings is 2. The molecule has 2 aromatic carbocycles. The Morgan fingerprint density at radius 1 is 1.00 bits per heavy atom. The second-order valence-electron chi connectivity index (χ2n) is 7.92. The van der Waals surface area contributed by atoms with Gasteiger partial charge < -0.3 is 10.6 Å². The molecular formula is C23H35IN4O2S. The number of hydrogen-bond acceptors (Lipinski definition) is 3. The normalized spacial score (nSPS) is 12.9. The molecule has 0 heterocycles. The fourth-order valence-corrected chi connectivity index (χ4v) is 4.71. The van der Waals surface area contributed by atoms with Crippen LogP contribution in [0.4, 0.5) is 0 Å². The molecule has 8 heteroatoms. The van der Waals surface area contributed by atoms with Gasteiger partial charge in [0.2, 0.25) is 10.0 Å². The standard InChI is InChI=1S/C23H34N4O2S.HI/c1-17(2)27-30(28,29)16-22-11-7-6-10-21(22)15-26-23(24-5)25-14-19(4)20-12-8-9-18(3)13-20;/h6-13,17,19,27H,14-16H2,1-5H3,(H2,24,25,26);1H. The molecule has 0 fully saturated rings. The van der Waals surface area contributed by atoms with Crippen molar-refractivity contribution in [1.29, 1.82) is 0 Å². The zero-order valence-electron chi connectivity index (χ0n) is 19.0. The van der Waals surface area contributed by atoms with Crippen molar-refractivity contribution in [3.05, 3.63) is 70.8 Å². The Kier molecular flexibility index (Phi) is 11.5. The summed E-state index contributed by atoms with van der Waals surface area (Å²) in [5, 5.41) is 6.65. The Hall–Kier alpha value is -1.65. The van der Waals surface area contributed by atoms with Crippen LogP contribution in [-0.4, -0.2) is 34.0 Å². The maximum atomic E-state index is 12.3. The summed E-state index contributed by atoms with van der Waals surface area (Å²) in [6, 6.07) is 16.0. The van der Waals surface area contributed by atoms with Crippen LogP contribution in [0.15, 0.2) is 53.5 Å². The summed E-state index contributed by atoms with van der Waals surface area (Å²) < 4.78 is 27.3. The Morgan fingerprint density at radius 2 is 1.68 bits per heavy atom. The predicted molar refractivity (Wildman–Crippen MR) is 141 cm³/mol. The molecule has 172 valence electrons. The number of aryl methyl sites for hydroxylation is 1. The van der Waals surface area contributed by atoms with Crippen molar-refractivity contribution in [3.63, 3.8) is 0 Å². The zero-order valence-corrected chi connectivity index (χ0v) is 22.1. The van der Waals surface area contributed by atoms with E-state index in [0.717, 1.165) is 17.7 Å². The molecule has 0 saturated heterocycles. The number of rotatable bonds is 9. The molecule has 1 unspecified atom stereocenters. The minimum atomic E-state index is -3.38. The van der Waals surface area contributed by atoms with E-state index in [1.165, 1.54) is 11.1 Å². The monoisotopic (exact) mass is 558 g/mol. The van der Waals surface area contributed by atoms with Crippen LogP contribution in [0.25, 0.3) is 0 Å². The molecule has 0 amide bonds. The summed E-state index contributed by atoms with van der Waals surface area (Å²) in [7, 11) is -1.65. The highest BCUT2D eigenvalue weighted by Gasteiger charge is 2.15. The van der Waals surface area contributed by atoms with Gasteiger partial charge in [-0.15, -0.1) is 24.0 Å². The lowest BCUT2D eigenvalue weighted by atomic mass is 9.99. The highest BCUT2D eigenvalue weighted by atomic mass is 127. The van der Waals surface area contributed by atoms with Crippen LogP contribution in [-0.2, 0) is 22.3 Å². The Labute approximate surface area is 204 Å². The molecule has 0 aromatic heterocycles. The number of aliphatic imine (C=N–C) groups is 1. The molecule has 1 atom stereocenters. The van der Waals surface area contributed by atoms with E-state index in [-0.39, 0.29) is 35.8 Å². The second-order valence-corrected chi connectivity index (χ2v) is 9.68. The van der Waals surface area contributed by atoms with E-state index in [4.69, 9.17) is 0 Å². The van der Waals surface area contributed by atoms with Crippen LogP contribution >= 0.6 is 24.0 Å². The van der Waals surface area contributed by atoms with Gasteiger partial charge in [0.15, 0.2) is 5.96 Å². The van der Waals surface area contributed by atoms with E-state index in [0.29, 0.717) is 18.4 Å². The second kappa shape index (κ2) is 13.0. The van der Waals surface area contributed by atoms with Crippen molar-refractivity contribution in [2.45, 2.75) is 52.0 Å². The van der Waals surface area contributed by atoms with Gasteiger partial charge in [0.05, 0.1) is 5.75 Å². The molecule has 2 aromatic rings. The van der Waals surface area contributed by atoms with Gasteiger partial charge in [-0.2, -0.15) is 0 Å². The minimum absolute atomic E-state index is 0. The third kappa shape index (κ3) is 9.57. The van der Waals surface area contributed by atoms with Gasteiger partial charge in [-0.05, 0) is 43.4 Å². The number of halogens is 1. The van der Waals surface area contributed by atoms with Crippen molar-refractivity contribution >= 4 is 40.0 Å². The topological polar surface area (TPSA) is 82.6 Å². The number of nitrogens with zero attached hydrogens (tertiary/aromatic N) is 1. The average Bonchev–Trinajstić information content (AvgIpc) is 2.67. The third-order valence-electron chi connectivity index (χ3n) is 4.74. The molecule has 6 nitrogen and oxygen atoms in total. The zero-order chi connectivity index (χ0) is 22.1. The molecule has 0 aliphatic carbocycles. The summed E-state index contributed by atoms with van der Waals surface area (Å²) in [5.74, 6) is 0.981. The molecule has 0 bridgehead atoms. The largest absolute Gasteiger partial charge is 0.356 e. The van der Waals surface area contributed by atoms with Crippen molar-refractivity contribution < 1.29 is 8.42 Å². The molecular weight excluding hydrogens is 523 g/mol. The summed E-state index contributed by atoms with van der Waals surface area (Å²) in [6.07, 6.45) is 0. The summed E-state index contributed by atoms with van der Waals surface area (Å²) in [6.45, 7) is 9.15. The van der Waals surface area contributed by atoms with E-state index in [1.54, 1.807) is 7.05 Å². The van der Waals surface area contributed by atoms with Gasteiger partial charge in [-0.3, -0.25) is 4.99 Å². The van der Waals surface area contributed by atoms with Crippen LogP contribution in [0.2, 0.25) is 0 Å². The number of nitrogens with one attached hydrogen (secondary N) is 3. The van der Waals surface area contributed by atoms with Gasteiger partial charge in [0.1, 0.15) is 0 Å². The van der Waals surface area contributed by atoms with E-state index in [9.17, 15) is 8.42 Å². The summed E-state index contributed by atoms with van der Waals surface area (Å²) in [4.78, 5) is 4.29. The average molecular weight is 559 g/mol. The molecule has 0 radical (unpaired) electrons. The quantitative estimate of drug-likeness (QED) is 0.248. The number of guanidine groups is 1. The Bertz CT molecular complexity index is 962. The maximum absolute atomic E-state index is 12.3. The van der Waals surface area contributed by atoms with Crippen LogP contribution in [0.3, 0.4) is 0 Å².